The van der Waals surface area contributed by atoms with E-state index >= 15 is 0 Å². The van der Waals surface area contributed by atoms with Gasteiger partial charge in [-0.2, -0.15) is 10.2 Å². The van der Waals surface area contributed by atoms with E-state index < -0.39 is 0 Å². The minimum atomic E-state index is 0.585. The summed E-state index contributed by atoms with van der Waals surface area (Å²) in [5, 5.41) is 8.34. The molecular formula is C25H30N4. The van der Waals surface area contributed by atoms with Gasteiger partial charge >= 0.3 is 0 Å². The van der Waals surface area contributed by atoms with E-state index in [1.54, 1.807) is 6.20 Å². The Balaban J connectivity index is 0.000000166. The molecule has 0 amide bonds. The van der Waals surface area contributed by atoms with E-state index in [4.69, 9.17) is 0 Å². The fourth-order valence-corrected chi connectivity index (χ4v) is 3.06. The second-order valence-corrected chi connectivity index (χ2v) is 7.88. The maximum Gasteiger partial charge on any atom is 0.0645 e. The summed E-state index contributed by atoms with van der Waals surface area (Å²) in [7, 11) is 1.94. The van der Waals surface area contributed by atoms with Gasteiger partial charge < -0.3 is 0 Å². The van der Waals surface area contributed by atoms with Crippen molar-refractivity contribution in [3.05, 3.63) is 90.5 Å². The summed E-state index contributed by atoms with van der Waals surface area (Å²) in [6.45, 7) is 8.81. The Morgan fingerprint density at radius 1 is 0.724 bits per heavy atom. The maximum atomic E-state index is 4.18. The molecule has 4 rings (SSSR count). The Bertz CT molecular complexity index is 992. The highest BCUT2D eigenvalue weighted by molar-refractivity contribution is 5.62. The fourth-order valence-electron chi connectivity index (χ4n) is 3.06. The fraction of sp³-hybridized carbons (Fsp3) is 0.280. The van der Waals surface area contributed by atoms with Crippen LogP contribution in [0.2, 0.25) is 0 Å². The van der Waals surface area contributed by atoms with Crippen molar-refractivity contribution in [3.63, 3.8) is 0 Å². The molecular weight excluding hydrogens is 356 g/mol. The molecule has 4 heteroatoms. The second kappa shape index (κ2) is 9.37. The van der Waals surface area contributed by atoms with Crippen molar-refractivity contribution in [2.75, 3.05) is 0 Å². The smallest absolute Gasteiger partial charge is 0.0645 e. The average Bonchev–Trinajstić information content (AvgIpc) is 3.41. The molecule has 2 heterocycles. The largest absolute Gasteiger partial charge is 0.275 e. The summed E-state index contributed by atoms with van der Waals surface area (Å²) < 4.78 is 3.69. The third-order valence-corrected chi connectivity index (χ3v) is 4.94. The zero-order valence-corrected chi connectivity index (χ0v) is 17.9. The van der Waals surface area contributed by atoms with Crippen molar-refractivity contribution >= 4 is 0 Å². The van der Waals surface area contributed by atoms with Crippen LogP contribution in [0.5, 0.6) is 0 Å². The van der Waals surface area contributed by atoms with Crippen LogP contribution in [0.25, 0.3) is 16.8 Å². The van der Waals surface area contributed by atoms with Crippen LogP contribution in [0.15, 0.2) is 79.4 Å². The van der Waals surface area contributed by atoms with Gasteiger partial charge in [0.25, 0.3) is 0 Å². The normalized spacial score (nSPS) is 10.9. The first-order chi connectivity index (χ1) is 13.9. The lowest BCUT2D eigenvalue weighted by atomic mass is 10.0. The molecule has 0 aliphatic heterocycles. The van der Waals surface area contributed by atoms with E-state index in [2.05, 4.69) is 86.4 Å². The first-order valence-corrected chi connectivity index (χ1v) is 10.1. The lowest BCUT2D eigenvalue weighted by Crippen LogP contribution is -1.94. The highest BCUT2D eigenvalue weighted by Gasteiger charge is 2.02. The number of hydrogen-bond acceptors (Lipinski definition) is 2. The molecule has 0 saturated heterocycles. The van der Waals surface area contributed by atoms with Crippen LogP contribution < -0.4 is 0 Å². The van der Waals surface area contributed by atoms with Gasteiger partial charge in [-0.3, -0.25) is 4.68 Å². The maximum absolute atomic E-state index is 4.18. The highest BCUT2D eigenvalue weighted by Crippen LogP contribution is 2.21. The molecule has 2 aromatic heterocycles. The molecule has 0 aliphatic rings. The van der Waals surface area contributed by atoms with Crippen molar-refractivity contribution in [3.8, 4) is 16.8 Å². The topological polar surface area (TPSA) is 35.6 Å². The molecule has 150 valence electrons. The molecule has 0 radical (unpaired) electrons. The van der Waals surface area contributed by atoms with Gasteiger partial charge in [0.05, 0.1) is 11.9 Å². The summed E-state index contributed by atoms with van der Waals surface area (Å²) in [4.78, 5) is 0. The molecule has 4 aromatic rings. The molecule has 29 heavy (non-hydrogen) atoms. The number of hydrogen-bond donors (Lipinski definition) is 0. The SMILES string of the molecule is CC(C)c1ccc(-c2cnn(C)c2)cc1.CC(C)c1ccc(-n2cccn2)cc1. The second-order valence-electron chi connectivity index (χ2n) is 7.88. The third-order valence-electron chi connectivity index (χ3n) is 4.94. The first kappa shape index (κ1) is 20.6. The van der Waals surface area contributed by atoms with Crippen LogP contribution >= 0.6 is 0 Å². The van der Waals surface area contributed by atoms with E-state index in [1.165, 1.54) is 22.3 Å². The standard InChI is InChI=1S/C13H16N2.C12H14N2/c1-10(2)11-4-6-12(7-5-11)13-8-14-15(3)9-13;1-10(2)11-4-6-12(7-5-11)14-9-3-8-13-14/h4-10H,1-3H3;3-10H,1-2H3. The van der Waals surface area contributed by atoms with Crippen LogP contribution in [-0.2, 0) is 7.05 Å². The highest BCUT2D eigenvalue weighted by atomic mass is 15.3. The van der Waals surface area contributed by atoms with Crippen LogP contribution in [-0.4, -0.2) is 19.6 Å². The van der Waals surface area contributed by atoms with Gasteiger partial charge in [0, 0.05) is 31.2 Å². The third kappa shape index (κ3) is 5.44. The minimum absolute atomic E-state index is 0.585. The Hall–Kier alpha value is -3.14. The van der Waals surface area contributed by atoms with Gasteiger partial charge in [-0.15, -0.1) is 0 Å². The van der Waals surface area contributed by atoms with E-state index in [1.807, 2.05) is 41.1 Å². The van der Waals surface area contributed by atoms with Gasteiger partial charge in [-0.25, -0.2) is 4.68 Å². The van der Waals surface area contributed by atoms with Crippen molar-refractivity contribution in [1.29, 1.82) is 0 Å². The van der Waals surface area contributed by atoms with Crippen molar-refractivity contribution in [2.45, 2.75) is 39.5 Å². The molecule has 0 fully saturated rings. The molecule has 0 spiro atoms. The molecule has 0 saturated carbocycles. The molecule has 0 aliphatic carbocycles. The lowest BCUT2D eigenvalue weighted by molar-refractivity contribution is 0.768. The number of nitrogens with zero attached hydrogens (tertiary/aromatic N) is 4. The number of benzene rings is 2. The number of aryl methyl sites for hydroxylation is 1. The van der Waals surface area contributed by atoms with Crippen LogP contribution in [0.3, 0.4) is 0 Å². The van der Waals surface area contributed by atoms with E-state index in [-0.39, 0.29) is 0 Å². The predicted molar refractivity (Wildman–Crippen MR) is 120 cm³/mol. The predicted octanol–water partition coefficient (Wildman–Crippen LogP) is 6.21. The Kier molecular flexibility index (Phi) is 6.65. The van der Waals surface area contributed by atoms with Gasteiger partial charge in [0.1, 0.15) is 0 Å². The molecule has 0 unspecified atom stereocenters. The quantitative estimate of drug-likeness (QED) is 0.418. The molecule has 4 nitrogen and oxygen atoms in total. The molecule has 0 bridgehead atoms. The van der Waals surface area contributed by atoms with Crippen LogP contribution in [0, 0.1) is 0 Å². The molecule has 0 atom stereocenters. The summed E-state index contributed by atoms with van der Waals surface area (Å²) >= 11 is 0. The van der Waals surface area contributed by atoms with Crippen molar-refractivity contribution in [1.82, 2.24) is 19.6 Å². The van der Waals surface area contributed by atoms with E-state index in [0.717, 1.165) is 5.69 Å². The van der Waals surface area contributed by atoms with Gasteiger partial charge in [0.2, 0.25) is 0 Å². The number of rotatable bonds is 4. The monoisotopic (exact) mass is 386 g/mol. The summed E-state index contributed by atoms with van der Waals surface area (Å²) in [6, 6.07) is 19.1. The van der Waals surface area contributed by atoms with Gasteiger partial charge in [-0.1, -0.05) is 64.1 Å². The Morgan fingerprint density at radius 2 is 1.31 bits per heavy atom. The Labute approximate surface area is 173 Å². The van der Waals surface area contributed by atoms with Gasteiger partial charge in [-0.05, 0) is 46.7 Å². The zero-order chi connectivity index (χ0) is 20.8. The lowest BCUT2D eigenvalue weighted by Gasteiger charge is -2.06. The van der Waals surface area contributed by atoms with Crippen LogP contribution in [0.4, 0.5) is 0 Å². The first-order valence-electron chi connectivity index (χ1n) is 10.1. The zero-order valence-electron chi connectivity index (χ0n) is 17.9. The summed E-state index contributed by atoms with van der Waals surface area (Å²) in [5.41, 5.74) is 6.25. The Morgan fingerprint density at radius 3 is 1.76 bits per heavy atom. The molecule has 2 aromatic carbocycles. The van der Waals surface area contributed by atoms with Crippen LogP contribution in [0.1, 0.15) is 50.7 Å². The van der Waals surface area contributed by atoms with E-state index in [9.17, 15) is 0 Å². The van der Waals surface area contributed by atoms with Gasteiger partial charge in [0.15, 0.2) is 0 Å². The summed E-state index contributed by atoms with van der Waals surface area (Å²) in [5.74, 6) is 1.18. The van der Waals surface area contributed by atoms with Crippen molar-refractivity contribution in [2.24, 2.45) is 7.05 Å². The minimum Gasteiger partial charge on any atom is -0.275 e. The van der Waals surface area contributed by atoms with Crippen molar-refractivity contribution < 1.29 is 0 Å². The van der Waals surface area contributed by atoms with E-state index in [0.29, 0.717) is 11.8 Å². The average molecular weight is 387 g/mol. The molecule has 0 N–H and O–H groups in total. The number of aromatic nitrogens is 4. The summed E-state index contributed by atoms with van der Waals surface area (Å²) in [6.07, 6.45) is 7.66.